The highest BCUT2D eigenvalue weighted by molar-refractivity contribution is 5.81. The highest BCUT2D eigenvalue weighted by Crippen LogP contribution is 2.20. The van der Waals surface area contributed by atoms with Gasteiger partial charge in [-0.05, 0) is 43.4 Å². The molecule has 194 valence electrons. The summed E-state index contributed by atoms with van der Waals surface area (Å²) in [5.74, 6) is -2.73. The van der Waals surface area contributed by atoms with Crippen molar-refractivity contribution >= 4 is 24.0 Å². The van der Waals surface area contributed by atoms with Crippen LogP contribution in [-0.2, 0) is 35.0 Å². The summed E-state index contributed by atoms with van der Waals surface area (Å²) in [6.07, 6.45) is -1.02. The van der Waals surface area contributed by atoms with E-state index < -0.39 is 42.8 Å². The van der Waals surface area contributed by atoms with Crippen LogP contribution in [-0.4, -0.2) is 48.0 Å². The van der Waals surface area contributed by atoms with Crippen molar-refractivity contribution < 1.29 is 38.5 Å². The van der Waals surface area contributed by atoms with E-state index >= 15 is 0 Å². The lowest BCUT2D eigenvalue weighted by Crippen LogP contribution is -2.38. The molecule has 0 aliphatic rings. The minimum Gasteiger partial charge on any atom is -0.481 e. The summed E-state index contributed by atoms with van der Waals surface area (Å²) in [4.78, 5) is 46.9. The number of carbonyl (C=O) groups is 4. The van der Waals surface area contributed by atoms with Crippen molar-refractivity contribution in [3.05, 3.63) is 60.2 Å². The summed E-state index contributed by atoms with van der Waals surface area (Å²) in [6.45, 7) is 4.28. The minimum absolute atomic E-state index is 0.153. The zero-order valence-corrected chi connectivity index (χ0v) is 20.8. The molecule has 0 bridgehead atoms. The van der Waals surface area contributed by atoms with Gasteiger partial charge < -0.3 is 24.6 Å². The fourth-order valence-corrected chi connectivity index (χ4v) is 3.43. The molecule has 0 aliphatic heterocycles. The average Bonchev–Trinajstić information content (AvgIpc) is 2.83. The number of benzene rings is 2. The van der Waals surface area contributed by atoms with E-state index in [1.165, 1.54) is 0 Å². The van der Waals surface area contributed by atoms with Gasteiger partial charge in [-0.25, -0.2) is 4.79 Å². The van der Waals surface area contributed by atoms with Crippen molar-refractivity contribution in [3.63, 3.8) is 0 Å². The molecule has 0 saturated heterocycles. The molecule has 0 heterocycles. The molecule has 9 nitrogen and oxygen atoms in total. The first kappa shape index (κ1) is 28.4. The van der Waals surface area contributed by atoms with Crippen LogP contribution in [0.4, 0.5) is 4.79 Å². The van der Waals surface area contributed by atoms with Crippen LogP contribution in [0.25, 0.3) is 11.1 Å². The van der Waals surface area contributed by atoms with E-state index in [4.69, 9.17) is 9.47 Å². The average molecular weight is 500 g/mol. The fraction of sp³-hybridized carbons (Fsp3) is 0.407. The summed E-state index contributed by atoms with van der Waals surface area (Å²) < 4.78 is 14.1. The molecule has 2 rings (SSSR count). The zero-order valence-electron chi connectivity index (χ0n) is 20.8. The van der Waals surface area contributed by atoms with Gasteiger partial charge in [-0.1, -0.05) is 61.5 Å². The first-order chi connectivity index (χ1) is 17.1. The number of amides is 1. The summed E-state index contributed by atoms with van der Waals surface area (Å²) in [5, 5.41) is 12.2. The Bertz CT molecular complexity index is 1000. The van der Waals surface area contributed by atoms with Gasteiger partial charge in [-0.3, -0.25) is 14.4 Å². The maximum atomic E-state index is 12.5. The van der Waals surface area contributed by atoms with Crippen LogP contribution in [0.3, 0.4) is 0 Å². The third-order valence-electron chi connectivity index (χ3n) is 5.25. The van der Waals surface area contributed by atoms with Crippen LogP contribution in [0.1, 0.15) is 45.6 Å². The summed E-state index contributed by atoms with van der Waals surface area (Å²) >= 11 is 0. The third-order valence-corrected chi connectivity index (χ3v) is 5.25. The number of carboxylic acids is 1. The highest BCUT2D eigenvalue weighted by Gasteiger charge is 2.21. The normalized spacial score (nSPS) is 12.3. The zero-order chi connectivity index (χ0) is 26.5. The monoisotopic (exact) mass is 499 g/mol. The smallest absolute Gasteiger partial charge is 0.481 e. The van der Waals surface area contributed by atoms with E-state index in [9.17, 15) is 24.3 Å². The molecule has 1 amide bonds. The fourth-order valence-electron chi connectivity index (χ4n) is 3.43. The van der Waals surface area contributed by atoms with E-state index in [0.717, 1.165) is 16.7 Å². The second-order valence-electron chi connectivity index (χ2n) is 8.70. The number of hydrogen-bond donors (Lipinski definition) is 2. The molecule has 2 N–H and O–H groups in total. The molecular weight excluding hydrogens is 466 g/mol. The number of esters is 1. The van der Waals surface area contributed by atoms with Gasteiger partial charge in [-0.15, -0.1) is 0 Å². The van der Waals surface area contributed by atoms with Crippen molar-refractivity contribution in [1.82, 2.24) is 5.32 Å². The Labute approximate surface area is 210 Å². The second kappa shape index (κ2) is 14.5. The predicted octanol–water partition coefficient (Wildman–Crippen LogP) is 4.33. The number of carbonyl (C=O) groups excluding carboxylic acids is 3. The SMILES string of the molecule is CC(C)OC(=O)OCOC(=O)CCC(=O)N[C@H](Cc1ccc(-c2ccccc2)cc1)C[C@@H](C)C(=O)O. The summed E-state index contributed by atoms with van der Waals surface area (Å²) in [7, 11) is 0. The van der Waals surface area contributed by atoms with Crippen molar-refractivity contribution in [2.45, 2.75) is 58.6 Å². The van der Waals surface area contributed by atoms with Crippen LogP contribution < -0.4 is 5.32 Å². The van der Waals surface area contributed by atoms with Gasteiger partial charge in [0.05, 0.1) is 18.4 Å². The number of nitrogens with one attached hydrogen (secondary N) is 1. The van der Waals surface area contributed by atoms with Crippen molar-refractivity contribution in [1.29, 1.82) is 0 Å². The highest BCUT2D eigenvalue weighted by atomic mass is 16.8. The van der Waals surface area contributed by atoms with Gasteiger partial charge in [0, 0.05) is 12.5 Å². The van der Waals surface area contributed by atoms with Crippen LogP contribution >= 0.6 is 0 Å². The van der Waals surface area contributed by atoms with Crippen molar-refractivity contribution in [3.8, 4) is 11.1 Å². The molecule has 0 aliphatic carbocycles. The number of ether oxygens (including phenoxy) is 3. The van der Waals surface area contributed by atoms with E-state index in [1.807, 2.05) is 54.6 Å². The van der Waals surface area contributed by atoms with Crippen LogP contribution in [0.15, 0.2) is 54.6 Å². The maximum absolute atomic E-state index is 12.5. The Morgan fingerprint density at radius 3 is 2.11 bits per heavy atom. The Kier molecular flexibility index (Phi) is 11.4. The molecule has 0 fully saturated rings. The third kappa shape index (κ3) is 10.6. The standard InChI is InChI=1S/C27H33NO8/c1-18(2)36-27(33)35-17-34-25(30)14-13-24(29)28-23(15-19(3)26(31)32)16-20-9-11-22(12-10-20)21-7-5-4-6-8-21/h4-12,18-19,23H,13-17H2,1-3H3,(H,28,29)(H,31,32)/t19-,23+/m1/s1. The molecule has 9 heteroatoms. The Morgan fingerprint density at radius 1 is 0.861 bits per heavy atom. The quantitative estimate of drug-likeness (QED) is 0.308. The Morgan fingerprint density at radius 2 is 1.50 bits per heavy atom. The molecule has 0 spiro atoms. The number of rotatable bonds is 13. The lowest BCUT2D eigenvalue weighted by molar-refractivity contribution is -0.154. The second-order valence-corrected chi connectivity index (χ2v) is 8.70. The Hall–Kier alpha value is -3.88. The molecule has 0 radical (unpaired) electrons. The van der Waals surface area contributed by atoms with E-state index in [1.54, 1.807) is 20.8 Å². The van der Waals surface area contributed by atoms with Gasteiger partial charge in [-0.2, -0.15) is 0 Å². The van der Waals surface area contributed by atoms with E-state index in [0.29, 0.717) is 6.42 Å². The van der Waals surface area contributed by atoms with Crippen molar-refractivity contribution in [2.24, 2.45) is 5.92 Å². The first-order valence-electron chi connectivity index (χ1n) is 11.8. The van der Waals surface area contributed by atoms with Gasteiger partial charge >= 0.3 is 18.1 Å². The van der Waals surface area contributed by atoms with Crippen molar-refractivity contribution in [2.75, 3.05) is 6.79 Å². The number of hydrogen-bond acceptors (Lipinski definition) is 7. The van der Waals surface area contributed by atoms with Gasteiger partial charge in [0.25, 0.3) is 0 Å². The lowest BCUT2D eigenvalue weighted by Gasteiger charge is -2.21. The van der Waals surface area contributed by atoms with Crippen LogP contribution in [0, 0.1) is 5.92 Å². The maximum Gasteiger partial charge on any atom is 0.511 e. The number of carboxylic acid groups (broad SMARTS) is 1. The van der Waals surface area contributed by atoms with E-state index in [2.05, 4.69) is 10.1 Å². The predicted molar refractivity (Wildman–Crippen MR) is 132 cm³/mol. The first-order valence-corrected chi connectivity index (χ1v) is 11.8. The van der Waals surface area contributed by atoms with Crippen LogP contribution in [0.5, 0.6) is 0 Å². The molecule has 36 heavy (non-hydrogen) atoms. The molecule has 0 unspecified atom stereocenters. The topological polar surface area (TPSA) is 128 Å². The lowest BCUT2D eigenvalue weighted by atomic mass is 9.95. The molecule has 0 saturated carbocycles. The minimum atomic E-state index is -0.956. The van der Waals surface area contributed by atoms with Gasteiger partial charge in [0.15, 0.2) is 0 Å². The number of aliphatic carboxylic acids is 1. The molecular formula is C27H33NO8. The summed E-state index contributed by atoms with van der Waals surface area (Å²) in [6, 6.07) is 17.4. The van der Waals surface area contributed by atoms with Gasteiger partial charge in [0.2, 0.25) is 12.7 Å². The molecule has 0 aromatic heterocycles. The molecule has 2 atom stereocenters. The largest absolute Gasteiger partial charge is 0.511 e. The summed E-state index contributed by atoms with van der Waals surface area (Å²) in [5.41, 5.74) is 3.09. The van der Waals surface area contributed by atoms with Crippen LogP contribution in [0.2, 0.25) is 0 Å². The van der Waals surface area contributed by atoms with Gasteiger partial charge in [0.1, 0.15) is 0 Å². The molecule has 2 aromatic rings. The molecule has 2 aromatic carbocycles. The Balaban J connectivity index is 1.88. The van der Waals surface area contributed by atoms with E-state index in [-0.39, 0.29) is 25.4 Å².